The normalized spacial score (nSPS) is 29.5. The van der Waals surface area contributed by atoms with Gasteiger partial charge in [0.15, 0.2) is 5.82 Å². The van der Waals surface area contributed by atoms with E-state index in [2.05, 4.69) is 20.4 Å². The number of fused-ring (bicyclic) bond motifs is 1. The van der Waals surface area contributed by atoms with Gasteiger partial charge >= 0.3 is 0 Å². The van der Waals surface area contributed by atoms with Crippen molar-refractivity contribution in [3.8, 4) is 0 Å². The Balaban J connectivity index is 1.59. The number of aromatic nitrogens is 2. The minimum absolute atomic E-state index is 0.682. The molecule has 1 aromatic heterocycles. The Morgan fingerprint density at radius 1 is 1.47 bits per heavy atom. The van der Waals surface area contributed by atoms with Crippen molar-refractivity contribution in [2.75, 3.05) is 19.6 Å². The molecule has 2 saturated heterocycles. The van der Waals surface area contributed by atoms with Gasteiger partial charge in [0.25, 0.3) is 0 Å². The molecule has 1 aromatic rings. The molecule has 0 spiro atoms. The standard InChI is InChI=1S/C12H20N4O/c1-2-12-14-11(15-17-12)8-16-6-9-4-3-5-13-10(9)7-16/h9-10,13H,2-8H2,1H3. The fraction of sp³-hybridized carbons (Fsp3) is 0.833. The second kappa shape index (κ2) is 4.74. The summed E-state index contributed by atoms with van der Waals surface area (Å²) in [6, 6.07) is 0.682. The van der Waals surface area contributed by atoms with Crippen LogP contribution in [-0.2, 0) is 13.0 Å². The maximum Gasteiger partial charge on any atom is 0.226 e. The number of hydrogen-bond acceptors (Lipinski definition) is 5. The average molecular weight is 236 g/mol. The van der Waals surface area contributed by atoms with Crippen molar-refractivity contribution < 1.29 is 4.52 Å². The zero-order valence-electron chi connectivity index (χ0n) is 10.4. The highest BCUT2D eigenvalue weighted by Crippen LogP contribution is 2.25. The van der Waals surface area contributed by atoms with E-state index in [0.29, 0.717) is 6.04 Å². The number of hydrogen-bond donors (Lipinski definition) is 1. The van der Waals surface area contributed by atoms with Gasteiger partial charge in [-0.25, -0.2) is 0 Å². The molecule has 1 N–H and O–H groups in total. The maximum atomic E-state index is 5.14. The zero-order valence-corrected chi connectivity index (χ0v) is 10.4. The van der Waals surface area contributed by atoms with Crippen molar-refractivity contribution in [3.05, 3.63) is 11.7 Å². The molecule has 5 heteroatoms. The fourth-order valence-corrected chi connectivity index (χ4v) is 2.96. The molecule has 3 heterocycles. The molecule has 2 aliphatic heterocycles. The van der Waals surface area contributed by atoms with E-state index < -0.39 is 0 Å². The monoisotopic (exact) mass is 236 g/mol. The van der Waals surface area contributed by atoms with Crippen LogP contribution >= 0.6 is 0 Å². The molecule has 0 amide bonds. The van der Waals surface area contributed by atoms with Gasteiger partial charge in [-0.05, 0) is 25.3 Å². The van der Waals surface area contributed by atoms with Gasteiger partial charge in [0.05, 0.1) is 6.54 Å². The van der Waals surface area contributed by atoms with Gasteiger partial charge < -0.3 is 9.84 Å². The number of rotatable bonds is 3. The van der Waals surface area contributed by atoms with Crippen molar-refractivity contribution in [2.45, 2.75) is 38.8 Å². The van der Waals surface area contributed by atoms with Crippen LogP contribution in [0.25, 0.3) is 0 Å². The van der Waals surface area contributed by atoms with E-state index in [1.165, 1.54) is 25.9 Å². The Morgan fingerprint density at radius 2 is 2.41 bits per heavy atom. The van der Waals surface area contributed by atoms with Crippen LogP contribution in [-0.4, -0.2) is 40.7 Å². The van der Waals surface area contributed by atoms with E-state index in [1.54, 1.807) is 0 Å². The first kappa shape index (κ1) is 11.2. The van der Waals surface area contributed by atoms with Crippen LogP contribution in [0.4, 0.5) is 0 Å². The first-order valence-corrected chi connectivity index (χ1v) is 6.62. The molecular formula is C12H20N4O. The number of aryl methyl sites for hydroxylation is 1. The predicted octanol–water partition coefficient (Wildman–Crippen LogP) is 0.816. The quantitative estimate of drug-likeness (QED) is 0.842. The molecule has 0 bridgehead atoms. The second-order valence-corrected chi connectivity index (χ2v) is 5.11. The van der Waals surface area contributed by atoms with Gasteiger partial charge in [0.1, 0.15) is 0 Å². The number of piperidine rings is 1. The maximum absolute atomic E-state index is 5.14. The van der Waals surface area contributed by atoms with Crippen LogP contribution in [0.2, 0.25) is 0 Å². The minimum Gasteiger partial charge on any atom is -0.339 e. The summed E-state index contributed by atoms with van der Waals surface area (Å²) in [4.78, 5) is 6.81. The van der Waals surface area contributed by atoms with Crippen LogP contribution in [0.1, 0.15) is 31.5 Å². The van der Waals surface area contributed by atoms with Crippen molar-refractivity contribution in [1.29, 1.82) is 0 Å². The van der Waals surface area contributed by atoms with E-state index >= 15 is 0 Å². The van der Waals surface area contributed by atoms with E-state index in [9.17, 15) is 0 Å². The number of likely N-dealkylation sites (tertiary alicyclic amines) is 1. The highest BCUT2D eigenvalue weighted by atomic mass is 16.5. The smallest absolute Gasteiger partial charge is 0.226 e. The molecule has 0 aromatic carbocycles. The van der Waals surface area contributed by atoms with Gasteiger partial charge in [-0.1, -0.05) is 12.1 Å². The second-order valence-electron chi connectivity index (χ2n) is 5.11. The van der Waals surface area contributed by atoms with Gasteiger partial charge in [-0.2, -0.15) is 4.98 Å². The lowest BCUT2D eigenvalue weighted by Gasteiger charge is -2.24. The minimum atomic E-state index is 0.682. The Bertz CT molecular complexity index is 364. The largest absolute Gasteiger partial charge is 0.339 e. The number of nitrogens with zero attached hydrogens (tertiary/aromatic N) is 3. The summed E-state index contributed by atoms with van der Waals surface area (Å²) in [5, 5.41) is 7.63. The zero-order chi connectivity index (χ0) is 11.7. The number of nitrogens with one attached hydrogen (secondary N) is 1. The summed E-state index contributed by atoms with van der Waals surface area (Å²) in [5.41, 5.74) is 0. The molecule has 94 valence electrons. The van der Waals surface area contributed by atoms with E-state index in [-0.39, 0.29) is 0 Å². The van der Waals surface area contributed by atoms with E-state index in [1.807, 2.05) is 6.92 Å². The van der Waals surface area contributed by atoms with Gasteiger partial charge in [-0.15, -0.1) is 0 Å². The Kier molecular flexibility index (Phi) is 3.11. The van der Waals surface area contributed by atoms with Gasteiger partial charge in [0, 0.05) is 25.6 Å². The SMILES string of the molecule is CCc1nc(CN2CC3CCCNC3C2)no1. The summed E-state index contributed by atoms with van der Waals surface area (Å²) >= 11 is 0. The molecule has 2 unspecified atom stereocenters. The molecule has 2 fully saturated rings. The third kappa shape index (κ3) is 2.35. The average Bonchev–Trinajstić information content (AvgIpc) is 2.94. The van der Waals surface area contributed by atoms with Crippen LogP contribution in [0, 0.1) is 5.92 Å². The summed E-state index contributed by atoms with van der Waals surface area (Å²) < 4.78 is 5.14. The molecule has 0 saturated carbocycles. The summed E-state index contributed by atoms with van der Waals surface area (Å²) in [6.45, 7) is 6.34. The summed E-state index contributed by atoms with van der Waals surface area (Å²) in [7, 11) is 0. The first-order chi connectivity index (χ1) is 8.35. The van der Waals surface area contributed by atoms with Crippen molar-refractivity contribution in [3.63, 3.8) is 0 Å². The Hall–Kier alpha value is -0.940. The van der Waals surface area contributed by atoms with Crippen LogP contribution in [0.5, 0.6) is 0 Å². The van der Waals surface area contributed by atoms with Gasteiger partial charge in [-0.3, -0.25) is 4.90 Å². The lowest BCUT2D eigenvalue weighted by Crippen LogP contribution is -2.40. The summed E-state index contributed by atoms with van der Waals surface area (Å²) in [5.74, 6) is 2.40. The first-order valence-electron chi connectivity index (χ1n) is 6.62. The topological polar surface area (TPSA) is 54.2 Å². The van der Waals surface area contributed by atoms with E-state index in [4.69, 9.17) is 4.52 Å². The lowest BCUT2D eigenvalue weighted by atomic mass is 9.94. The third-order valence-electron chi connectivity index (χ3n) is 3.85. The molecular weight excluding hydrogens is 216 g/mol. The molecule has 0 aliphatic carbocycles. The fourth-order valence-electron chi connectivity index (χ4n) is 2.96. The Morgan fingerprint density at radius 3 is 3.18 bits per heavy atom. The molecule has 3 rings (SSSR count). The highest BCUT2D eigenvalue weighted by Gasteiger charge is 2.34. The van der Waals surface area contributed by atoms with Gasteiger partial charge in [0.2, 0.25) is 5.89 Å². The highest BCUT2D eigenvalue weighted by molar-refractivity contribution is 4.94. The van der Waals surface area contributed by atoms with E-state index in [0.717, 1.165) is 37.1 Å². The third-order valence-corrected chi connectivity index (χ3v) is 3.85. The molecule has 2 atom stereocenters. The van der Waals surface area contributed by atoms with Crippen molar-refractivity contribution in [1.82, 2.24) is 20.4 Å². The molecule has 5 nitrogen and oxygen atoms in total. The van der Waals surface area contributed by atoms with Crippen molar-refractivity contribution in [2.24, 2.45) is 5.92 Å². The lowest BCUT2D eigenvalue weighted by molar-refractivity contribution is 0.296. The Labute approximate surface area is 102 Å². The molecule has 2 aliphatic rings. The predicted molar refractivity (Wildman–Crippen MR) is 63.5 cm³/mol. The van der Waals surface area contributed by atoms with Crippen molar-refractivity contribution >= 4 is 0 Å². The molecule has 17 heavy (non-hydrogen) atoms. The molecule has 0 radical (unpaired) electrons. The van der Waals surface area contributed by atoms with Crippen LogP contribution in [0.3, 0.4) is 0 Å². The summed E-state index contributed by atoms with van der Waals surface area (Å²) in [6.07, 6.45) is 3.50. The van der Waals surface area contributed by atoms with Crippen LogP contribution < -0.4 is 5.32 Å². The van der Waals surface area contributed by atoms with Crippen LogP contribution in [0.15, 0.2) is 4.52 Å².